The Balaban J connectivity index is 2.54. The smallest absolute Gasteiger partial charge is 0.0881 e. The van der Waals surface area contributed by atoms with Crippen molar-refractivity contribution in [2.24, 2.45) is 7.05 Å². The molecule has 0 fully saturated rings. The molecule has 2 aliphatic heterocycles. The van der Waals surface area contributed by atoms with Gasteiger partial charge in [-0.05, 0) is 31.2 Å². The maximum Gasteiger partial charge on any atom is 0.0881 e. The fraction of sp³-hybridized carbons (Fsp3) is 0.154. The second kappa shape index (κ2) is 2.83. The first kappa shape index (κ1) is 8.48. The van der Waals surface area contributed by atoms with Gasteiger partial charge in [0.1, 0.15) is 0 Å². The Morgan fingerprint density at radius 3 is 2.93 bits per heavy atom. The fourth-order valence-electron chi connectivity index (χ4n) is 2.08. The fourth-order valence-corrected chi connectivity index (χ4v) is 2.08. The Hall–Kier alpha value is -1.83. The molecule has 0 radical (unpaired) electrons. The molecule has 2 aliphatic rings. The largest absolute Gasteiger partial charge is 0.349 e. The second-order valence-electron chi connectivity index (χ2n) is 3.99. The van der Waals surface area contributed by atoms with Crippen molar-refractivity contribution in [1.82, 2.24) is 9.55 Å². The van der Waals surface area contributed by atoms with E-state index in [1.807, 2.05) is 6.07 Å². The van der Waals surface area contributed by atoms with Crippen LogP contribution >= 0.6 is 0 Å². The molecule has 2 heterocycles. The van der Waals surface area contributed by atoms with Crippen LogP contribution in [-0.2, 0) is 7.05 Å². The zero-order valence-corrected chi connectivity index (χ0v) is 8.86. The summed E-state index contributed by atoms with van der Waals surface area (Å²) in [5.74, 6) is 0. The van der Waals surface area contributed by atoms with Crippen molar-refractivity contribution in [3.8, 4) is 11.4 Å². The van der Waals surface area contributed by atoms with Crippen LogP contribution < -0.4 is 0 Å². The molecular formula is C13H12N2. The number of nitrogens with zero attached hydrogens (tertiary/aromatic N) is 2. The number of rotatable bonds is 0. The van der Waals surface area contributed by atoms with Gasteiger partial charge in [-0.2, -0.15) is 0 Å². The van der Waals surface area contributed by atoms with Crippen molar-refractivity contribution in [1.29, 1.82) is 0 Å². The topological polar surface area (TPSA) is 17.8 Å². The van der Waals surface area contributed by atoms with E-state index in [-0.39, 0.29) is 0 Å². The molecule has 0 unspecified atom stereocenters. The summed E-state index contributed by atoms with van der Waals surface area (Å²) in [7, 11) is 2.06. The third kappa shape index (κ3) is 1.14. The number of hydrogen-bond donors (Lipinski definition) is 0. The molecule has 0 aromatic heterocycles. The summed E-state index contributed by atoms with van der Waals surface area (Å²) in [6.45, 7) is 2.11. The second-order valence-corrected chi connectivity index (χ2v) is 3.99. The average molecular weight is 196 g/mol. The van der Waals surface area contributed by atoms with Crippen LogP contribution in [0.1, 0.15) is 5.56 Å². The van der Waals surface area contributed by atoms with E-state index in [0.717, 1.165) is 11.2 Å². The summed E-state index contributed by atoms with van der Waals surface area (Å²) in [4.78, 5) is 4.60. The van der Waals surface area contributed by atoms with Crippen LogP contribution in [0.15, 0.2) is 36.5 Å². The minimum Gasteiger partial charge on any atom is -0.349 e. The zero-order valence-electron chi connectivity index (χ0n) is 8.86. The Morgan fingerprint density at radius 2 is 2.07 bits per heavy atom. The third-order valence-corrected chi connectivity index (χ3v) is 2.81. The van der Waals surface area contributed by atoms with Crippen molar-refractivity contribution < 1.29 is 0 Å². The number of hydrogen-bond acceptors (Lipinski definition) is 1. The zero-order chi connectivity index (χ0) is 10.4. The molecule has 0 atom stereocenters. The van der Waals surface area contributed by atoms with Crippen molar-refractivity contribution in [3.63, 3.8) is 0 Å². The number of aromatic nitrogens is 2. The van der Waals surface area contributed by atoms with Crippen LogP contribution in [0.3, 0.4) is 0 Å². The predicted octanol–water partition coefficient (Wildman–Crippen LogP) is 2.99. The summed E-state index contributed by atoms with van der Waals surface area (Å²) in [6, 6.07) is 10.5. The molecule has 2 heteroatoms. The van der Waals surface area contributed by atoms with Gasteiger partial charge in [-0.1, -0.05) is 11.6 Å². The van der Waals surface area contributed by atoms with Crippen LogP contribution in [0.2, 0.25) is 0 Å². The molecule has 0 saturated carbocycles. The quantitative estimate of drug-likeness (QED) is 0.540. The molecular weight excluding hydrogens is 184 g/mol. The summed E-state index contributed by atoms with van der Waals surface area (Å²) in [6.07, 6.45) is 2.06. The van der Waals surface area contributed by atoms with E-state index < -0.39 is 0 Å². The monoisotopic (exact) mass is 196 g/mol. The molecule has 0 spiro atoms. The van der Waals surface area contributed by atoms with E-state index in [9.17, 15) is 0 Å². The minimum absolute atomic E-state index is 1.07. The lowest BCUT2D eigenvalue weighted by atomic mass is 10.1. The predicted molar refractivity (Wildman–Crippen MR) is 62.1 cm³/mol. The van der Waals surface area contributed by atoms with Gasteiger partial charge in [-0.25, -0.2) is 4.98 Å². The van der Waals surface area contributed by atoms with Gasteiger partial charge in [0.15, 0.2) is 0 Å². The molecule has 2 nitrogen and oxygen atoms in total. The minimum atomic E-state index is 1.07. The van der Waals surface area contributed by atoms with Gasteiger partial charge in [-0.3, -0.25) is 0 Å². The van der Waals surface area contributed by atoms with Gasteiger partial charge in [0.05, 0.1) is 16.9 Å². The molecule has 0 N–H and O–H groups in total. The first-order valence-corrected chi connectivity index (χ1v) is 5.07. The van der Waals surface area contributed by atoms with Gasteiger partial charge in [-0.15, -0.1) is 0 Å². The highest BCUT2D eigenvalue weighted by Crippen LogP contribution is 2.30. The van der Waals surface area contributed by atoms with Crippen LogP contribution in [0.4, 0.5) is 0 Å². The lowest BCUT2D eigenvalue weighted by Gasteiger charge is -2.05. The van der Waals surface area contributed by atoms with Gasteiger partial charge in [0.25, 0.3) is 0 Å². The lowest BCUT2D eigenvalue weighted by molar-refractivity contribution is 0.917. The van der Waals surface area contributed by atoms with E-state index in [2.05, 4.69) is 54.0 Å². The number of aryl methyl sites for hydroxylation is 2. The Labute approximate surface area is 88.5 Å². The molecule has 1 aromatic carbocycles. The summed E-state index contributed by atoms with van der Waals surface area (Å²) in [5.41, 5.74) is 4.65. The van der Waals surface area contributed by atoms with Crippen molar-refractivity contribution in [2.45, 2.75) is 6.92 Å². The molecule has 3 rings (SSSR count). The van der Waals surface area contributed by atoms with E-state index in [4.69, 9.17) is 0 Å². The molecule has 74 valence electrons. The maximum absolute atomic E-state index is 4.60. The van der Waals surface area contributed by atoms with Crippen LogP contribution in [0, 0.1) is 6.92 Å². The van der Waals surface area contributed by atoms with E-state index in [1.54, 1.807) is 0 Å². The first-order valence-electron chi connectivity index (χ1n) is 5.07. The van der Waals surface area contributed by atoms with Gasteiger partial charge in [0.2, 0.25) is 0 Å². The van der Waals surface area contributed by atoms with Crippen molar-refractivity contribution in [2.75, 3.05) is 0 Å². The Morgan fingerprint density at radius 1 is 1.20 bits per heavy atom. The first-order chi connectivity index (χ1) is 7.25. The number of pyridine rings is 1. The van der Waals surface area contributed by atoms with Gasteiger partial charge >= 0.3 is 0 Å². The van der Waals surface area contributed by atoms with Gasteiger partial charge in [0, 0.05) is 18.6 Å². The van der Waals surface area contributed by atoms with Crippen molar-refractivity contribution in [3.05, 3.63) is 42.1 Å². The van der Waals surface area contributed by atoms with E-state index >= 15 is 0 Å². The molecule has 0 bridgehead atoms. The normalized spacial score (nSPS) is 11.3. The SMILES string of the molecule is Cc1ccc2nc3cccn(C)c-3c2c1. The molecule has 1 aromatic rings. The summed E-state index contributed by atoms with van der Waals surface area (Å²) in [5, 5.41) is 1.24. The average Bonchev–Trinajstić information content (AvgIpc) is 2.57. The van der Waals surface area contributed by atoms with Crippen LogP contribution in [0.5, 0.6) is 0 Å². The van der Waals surface area contributed by atoms with E-state index in [0.29, 0.717) is 0 Å². The highest BCUT2D eigenvalue weighted by atomic mass is 15.0. The molecule has 15 heavy (non-hydrogen) atoms. The highest BCUT2D eigenvalue weighted by Gasteiger charge is 2.12. The van der Waals surface area contributed by atoms with Crippen molar-refractivity contribution >= 4 is 10.9 Å². The Bertz CT molecular complexity index is 607. The maximum atomic E-state index is 4.60. The van der Waals surface area contributed by atoms with Gasteiger partial charge < -0.3 is 4.57 Å². The molecule has 0 amide bonds. The van der Waals surface area contributed by atoms with Crippen LogP contribution in [-0.4, -0.2) is 9.55 Å². The number of benzene rings is 1. The summed E-state index contributed by atoms with van der Waals surface area (Å²) < 4.78 is 2.13. The molecule has 0 aliphatic carbocycles. The van der Waals surface area contributed by atoms with Crippen LogP contribution in [0.25, 0.3) is 22.3 Å². The van der Waals surface area contributed by atoms with E-state index in [1.165, 1.54) is 16.6 Å². The third-order valence-electron chi connectivity index (χ3n) is 2.81. The standard InChI is InChI=1S/C13H12N2/c1-9-5-6-11-10(8-9)13-12(14-11)4-3-7-15(13)2/h3-8H,1-2H3. The number of fused-ring (bicyclic) bond motifs is 3. The Kier molecular flexibility index (Phi) is 1.60. The molecule has 0 saturated heterocycles. The summed E-state index contributed by atoms with van der Waals surface area (Å²) >= 11 is 0. The highest BCUT2D eigenvalue weighted by molar-refractivity contribution is 5.95. The lowest BCUT2D eigenvalue weighted by Crippen LogP contribution is -1.94.